The Morgan fingerprint density at radius 1 is 1.42 bits per heavy atom. The molecule has 1 aliphatic rings. The first kappa shape index (κ1) is 7.53. The highest BCUT2D eigenvalue weighted by molar-refractivity contribution is 5.80. The van der Waals surface area contributed by atoms with Gasteiger partial charge in [0.15, 0.2) is 0 Å². The molecule has 0 unspecified atom stereocenters. The molecule has 2 heterocycles. The summed E-state index contributed by atoms with van der Waals surface area (Å²) in [5.74, 6) is 0.344. The van der Waals surface area contributed by atoms with Gasteiger partial charge in [0.2, 0.25) is 0 Å². The molecule has 3 heteroatoms. The Kier molecular flexibility index (Phi) is 1.94. The highest BCUT2D eigenvalue weighted by Crippen LogP contribution is 2.10. The molecule has 0 spiro atoms. The molecule has 1 aromatic heterocycles. The molecule has 64 valence electrons. The average molecular weight is 164 g/mol. The third-order valence-electron chi connectivity index (χ3n) is 2.26. The third-order valence-corrected chi connectivity index (χ3v) is 2.26. The first-order valence-corrected chi connectivity index (χ1v) is 4.38. The van der Waals surface area contributed by atoms with Crippen LogP contribution in [0.3, 0.4) is 0 Å². The molecule has 0 atom stereocenters. The molecule has 3 nitrogen and oxygen atoms in total. The van der Waals surface area contributed by atoms with Crippen molar-refractivity contribution in [3.8, 4) is 0 Å². The van der Waals surface area contributed by atoms with E-state index < -0.39 is 0 Å². The lowest BCUT2D eigenvalue weighted by molar-refractivity contribution is -0.118. The molecule has 0 saturated heterocycles. The number of hydrogen-bond donors (Lipinski definition) is 0. The molecule has 0 fully saturated rings. The Morgan fingerprint density at radius 2 is 2.33 bits per heavy atom. The van der Waals surface area contributed by atoms with Crippen LogP contribution in [0.15, 0.2) is 12.3 Å². The van der Waals surface area contributed by atoms with Gasteiger partial charge in [-0.2, -0.15) is 5.10 Å². The van der Waals surface area contributed by atoms with Gasteiger partial charge >= 0.3 is 0 Å². The van der Waals surface area contributed by atoms with Crippen molar-refractivity contribution in [3.63, 3.8) is 0 Å². The Morgan fingerprint density at radius 3 is 3.25 bits per heavy atom. The maximum atomic E-state index is 11.3. The number of nitrogens with zero attached hydrogens (tertiary/aromatic N) is 2. The second kappa shape index (κ2) is 3.09. The standard InChI is InChI=1S/C9H12N2O/c12-9-3-1-2-6-11-8(7-9)4-5-10-11/h4-5H,1-3,6-7H2. The van der Waals surface area contributed by atoms with E-state index in [0.29, 0.717) is 12.2 Å². The summed E-state index contributed by atoms with van der Waals surface area (Å²) in [4.78, 5) is 11.3. The van der Waals surface area contributed by atoms with Crippen LogP contribution in [0, 0.1) is 0 Å². The first-order chi connectivity index (χ1) is 5.86. The lowest BCUT2D eigenvalue weighted by Gasteiger charge is -2.10. The lowest BCUT2D eigenvalue weighted by Crippen LogP contribution is -2.13. The Bertz CT molecular complexity index is 290. The van der Waals surface area contributed by atoms with Gasteiger partial charge < -0.3 is 0 Å². The minimum atomic E-state index is 0.344. The summed E-state index contributed by atoms with van der Waals surface area (Å²) < 4.78 is 1.94. The van der Waals surface area contributed by atoms with E-state index in [9.17, 15) is 4.79 Å². The van der Waals surface area contributed by atoms with E-state index >= 15 is 0 Å². The topological polar surface area (TPSA) is 34.9 Å². The van der Waals surface area contributed by atoms with Gasteiger partial charge in [-0.3, -0.25) is 9.48 Å². The van der Waals surface area contributed by atoms with Crippen LogP contribution in [0.25, 0.3) is 0 Å². The fourth-order valence-corrected chi connectivity index (χ4v) is 1.59. The smallest absolute Gasteiger partial charge is 0.138 e. The predicted octanol–water partition coefficient (Wildman–Crippen LogP) is 1.18. The van der Waals surface area contributed by atoms with Gasteiger partial charge in [-0.15, -0.1) is 0 Å². The van der Waals surface area contributed by atoms with E-state index in [-0.39, 0.29) is 0 Å². The molecule has 0 bridgehead atoms. The summed E-state index contributed by atoms with van der Waals surface area (Å²) in [6.07, 6.45) is 5.16. The quantitative estimate of drug-likeness (QED) is 0.577. The molecule has 0 saturated carbocycles. The minimum absolute atomic E-state index is 0.344. The summed E-state index contributed by atoms with van der Waals surface area (Å²) in [7, 11) is 0. The monoisotopic (exact) mass is 164 g/mol. The van der Waals surface area contributed by atoms with Crippen molar-refractivity contribution in [2.24, 2.45) is 0 Å². The van der Waals surface area contributed by atoms with Crippen LogP contribution in [-0.2, 0) is 17.8 Å². The van der Waals surface area contributed by atoms with Gasteiger partial charge in [0.05, 0.1) is 0 Å². The van der Waals surface area contributed by atoms with E-state index in [2.05, 4.69) is 5.10 Å². The van der Waals surface area contributed by atoms with Crippen LogP contribution >= 0.6 is 0 Å². The molecular formula is C9H12N2O. The second-order valence-electron chi connectivity index (χ2n) is 3.22. The number of ketones is 1. The summed E-state index contributed by atoms with van der Waals surface area (Å²) in [5, 5.41) is 4.16. The van der Waals surface area contributed by atoms with Crippen LogP contribution in [0.5, 0.6) is 0 Å². The maximum absolute atomic E-state index is 11.3. The van der Waals surface area contributed by atoms with Crippen molar-refractivity contribution >= 4 is 5.78 Å². The van der Waals surface area contributed by atoms with Crippen LogP contribution < -0.4 is 0 Å². The van der Waals surface area contributed by atoms with E-state index in [1.807, 2.05) is 10.7 Å². The van der Waals surface area contributed by atoms with Crippen molar-refractivity contribution in [1.82, 2.24) is 9.78 Å². The largest absolute Gasteiger partial charge is 0.299 e. The second-order valence-corrected chi connectivity index (χ2v) is 3.22. The molecule has 12 heavy (non-hydrogen) atoms. The van der Waals surface area contributed by atoms with Gasteiger partial charge in [0, 0.05) is 31.3 Å². The summed E-state index contributed by atoms with van der Waals surface area (Å²) in [6.45, 7) is 0.968. The number of rotatable bonds is 0. The summed E-state index contributed by atoms with van der Waals surface area (Å²) >= 11 is 0. The number of Topliss-reactive ketones (excluding diaryl/α,β-unsaturated/α-hetero) is 1. The number of fused-ring (bicyclic) bond motifs is 1. The van der Waals surface area contributed by atoms with Crippen molar-refractivity contribution in [2.45, 2.75) is 32.2 Å². The summed E-state index contributed by atoms with van der Waals surface area (Å²) in [5.41, 5.74) is 1.07. The Labute approximate surface area is 71.4 Å². The zero-order chi connectivity index (χ0) is 8.39. The van der Waals surface area contributed by atoms with Crippen LogP contribution in [0.2, 0.25) is 0 Å². The molecule has 1 aromatic rings. The molecule has 0 N–H and O–H groups in total. The van der Waals surface area contributed by atoms with Crippen molar-refractivity contribution < 1.29 is 4.79 Å². The summed E-state index contributed by atoms with van der Waals surface area (Å²) in [6, 6.07) is 1.93. The number of aromatic nitrogens is 2. The van der Waals surface area contributed by atoms with E-state index in [1.165, 1.54) is 0 Å². The third kappa shape index (κ3) is 1.40. The van der Waals surface area contributed by atoms with E-state index in [1.54, 1.807) is 6.20 Å². The molecule has 0 radical (unpaired) electrons. The van der Waals surface area contributed by atoms with E-state index in [0.717, 1.165) is 31.5 Å². The van der Waals surface area contributed by atoms with Gasteiger partial charge in [0.25, 0.3) is 0 Å². The van der Waals surface area contributed by atoms with Gasteiger partial charge in [0.1, 0.15) is 5.78 Å². The fraction of sp³-hybridized carbons (Fsp3) is 0.556. The maximum Gasteiger partial charge on any atom is 0.138 e. The lowest BCUT2D eigenvalue weighted by atomic mass is 10.1. The number of hydrogen-bond acceptors (Lipinski definition) is 2. The molecule has 2 rings (SSSR count). The number of aryl methyl sites for hydroxylation is 1. The molecule has 0 aromatic carbocycles. The molecule has 0 aliphatic carbocycles. The predicted molar refractivity (Wildman–Crippen MR) is 44.8 cm³/mol. The van der Waals surface area contributed by atoms with Gasteiger partial charge in [-0.1, -0.05) is 0 Å². The zero-order valence-corrected chi connectivity index (χ0v) is 6.99. The van der Waals surface area contributed by atoms with Crippen molar-refractivity contribution in [1.29, 1.82) is 0 Å². The highest BCUT2D eigenvalue weighted by Gasteiger charge is 2.11. The highest BCUT2D eigenvalue weighted by atomic mass is 16.1. The number of carbonyl (C=O) groups is 1. The van der Waals surface area contributed by atoms with E-state index in [4.69, 9.17) is 0 Å². The Balaban J connectivity index is 2.25. The van der Waals surface area contributed by atoms with Crippen LogP contribution in [0.4, 0.5) is 0 Å². The minimum Gasteiger partial charge on any atom is -0.299 e. The molecular weight excluding hydrogens is 152 g/mol. The molecule has 0 amide bonds. The average Bonchev–Trinajstić information content (AvgIpc) is 2.42. The van der Waals surface area contributed by atoms with Crippen LogP contribution in [-0.4, -0.2) is 15.6 Å². The first-order valence-electron chi connectivity index (χ1n) is 4.38. The van der Waals surface area contributed by atoms with Crippen molar-refractivity contribution in [2.75, 3.05) is 0 Å². The molecule has 1 aliphatic heterocycles. The van der Waals surface area contributed by atoms with Gasteiger partial charge in [-0.25, -0.2) is 0 Å². The van der Waals surface area contributed by atoms with Crippen LogP contribution in [0.1, 0.15) is 25.0 Å². The normalized spacial score (nSPS) is 18.2. The Hall–Kier alpha value is -1.12. The zero-order valence-electron chi connectivity index (χ0n) is 6.99. The fourth-order valence-electron chi connectivity index (χ4n) is 1.59. The van der Waals surface area contributed by atoms with Crippen molar-refractivity contribution in [3.05, 3.63) is 18.0 Å². The SMILES string of the molecule is O=C1CCCCn2nccc2C1. The van der Waals surface area contributed by atoms with Gasteiger partial charge in [-0.05, 0) is 18.9 Å². The number of carbonyl (C=O) groups excluding carboxylic acids is 1.